The first-order valence-corrected chi connectivity index (χ1v) is 10.1. The summed E-state index contributed by atoms with van der Waals surface area (Å²) in [7, 11) is 0. The molecule has 0 saturated heterocycles. The van der Waals surface area contributed by atoms with Gasteiger partial charge in [-0.05, 0) is 55.5 Å². The van der Waals surface area contributed by atoms with Gasteiger partial charge in [0.05, 0.1) is 0 Å². The van der Waals surface area contributed by atoms with E-state index >= 15 is 0 Å². The van der Waals surface area contributed by atoms with Gasteiger partial charge < -0.3 is 9.15 Å². The van der Waals surface area contributed by atoms with Crippen molar-refractivity contribution in [1.29, 1.82) is 0 Å². The summed E-state index contributed by atoms with van der Waals surface area (Å²) in [5.74, 6) is 2.68. The molecule has 0 amide bonds. The zero-order valence-corrected chi connectivity index (χ0v) is 16.9. The molecule has 3 aromatic heterocycles. The summed E-state index contributed by atoms with van der Waals surface area (Å²) in [6.45, 7) is 2.41. The van der Waals surface area contributed by atoms with E-state index in [1.54, 1.807) is 4.52 Å². The fraction of sp³-hybridized carbons (Fsp3) is 0.0952. The van der Waals surface area contributed by atoms with Gasteiger partial charge in [-0.25, -0.2) is 0 Å². The maximum absolute atomic E-state index is 5.98. The van der Waals surface area contributed by atoms with Crippen LogP contribution in [-0.2, 0) is 6.61 Å². The SMILES string of the molecule is Cc1ccc(OCc2nn3c(-c4ccc(-c5ccc(Cl)cc5)o4)nnc3s2)cc1. The van der Waals surface area contributed by atoms with Crippen molar-refractivity contribution in [1.82, 2.24) is 19.8 Å². The highest BCUT2D eigenvalue weighted by Gasteiger charge is 2.17. The van der Waals surface area contributed by atoms with Gasteiger partial charge in [-0.1, -0.05) is 40.6 Å². The third-order valence-corrected chi connectivity index (χ3v) is 5.50. The average molecular weight is 423 g/mol. The quantitative estimate of drug-likeness (QED) is 0.366. The summed E-state index contributed by atoms with van der Waals surface area (Å²) >= 11 is 7.39. The van der Waals surface area contributed by atoms with E-state index in [0.717, 1.165) is 22.1 Å². The molecule has 0 fully saturated rings. The minimum atomic E-state index is 0.366. The highest BCUT2D eigenvalue weighted by Crippen LogP contribution is 2.29. The van der Waals surface area contributed by atoms with Crippen LogP contribution >= 0.6 is 22.9 Å². The smallest absolute Gasteiger partial charge is 0.235 e. The Hall–Kier alpha value is -3.16. The molecular formula is C21H15ClN4O2S. The van der Waals surface area contributed by atoms with Crippen LogP contribution in [0.15, 0.2) is 65.1 Å². The summed E-state index contributed by atoms with van der Waals surface area (Å²) in [6.07, 6.45) is 0. The summed E-state index contributed by atoms with van der Waals surface area (Å²) in [6, 6.07) is 19.2. The molecular weight excluding hydrogens is 408 g/mol. The summed E-state index contributed by atoms with van der Waals surface area (Å²) in [4.78, 5) is 0.687. The van der Waals surface area contributed by atoms with Crippen LogP contribution in [0.1, 0.15) is 10.6 Å². The molecule has 8 heteroatoms. The van der Waals surface area contributed by atoms with E-state index < -0.39 is 0 Å². The normalized spacial score (nSPS) is 11.2. The number of halogens is 1. The molecule has 3 heterocycles. The Morgan fingerprint density at radius 1 is 0.966 bits per heavy atom. The van der Waals surface area contributed by atoms with Crippen molar-refractivity contribution in [2.24, 2.45) is 0 Å². The van der Waals surface area contributed by atoms with Crippen molar-refractivity contribution in [2.45, 2.75) is 13.5 Å². The lowest BCUT2D eigenvalue weighted by atomic mass is 10.2. The Morgan fingerprint density at radius 2 is 1.72 bits per heavy atom. The zero-order valence-electron chi connectivity index (χ0n) is 15.4. The predicted octanol–water partition coefficient (Wildman–Crippen LogP) is 5.65. The van der Waals surface area contributed by atoms with Crippen LogP contribution in [0.4, 0.5) is 0 Å². The molecule has 0 aliphatic heterocycles. The summed E-state index contributed by atoms with van der Waals surface area (Å²) < 4.78 is 13.5. The molecule has 0 atom stereocenters. The number of furan rings is 1. The Kier molecular flexibility index (Phi) is 4.54. The fourth-order valence-electron chi connectivity index (χ4n) is 2.88. The minimum Gasteiger partial charge on any atom is -0.486 e. The Bertz CT molecular complexity index is 1270. The molecule has 0 aliphatic rings. The van der Waals surface area contributed by atoms with Crippen LogP contribution in [0.2, 0.25) is 5.02 Å². The van der Waals surface area contributed by atoms with Crippen molar-refractivity contribution in [3.05, 3.63) is 76.3 Å². The van der Waals surface area contributed by atoms with Gasteiger partial charge in [0.25, 0.3) is 0 Å². The van der Waals surface area contributed by atoms with E-state index in [4.69, 9.17) is 20.8 Å². The Labute approximate surface area is 175 Å². The van der Waals surface area contributed by atoms with Gasteiger partial charge in [0.15, 0.2) is 10.8 Å². The lowest BCUT2D eigenvalue weighted by Gasteiger charge is -2.03. The van der Waals surface area contributed by atoms with E-state index in [0.29, 0.717) is 28.2 Å². The Balaban J connectivity index is 1.38. The van der Waals surface area contributed by atoms with Crippen LogP contribution in [0, 0.1) is 6.92 Å². The van der Waals surface area contributed by atoms with E-state index in [9.17, 15) is 0 Å². The van der Waals surface area contributed by atoms with Crippen molar-refractivity contribution in [3.8, 4) is 28.7 Å². The molecule has 5 aromatic rings. The predicted molar refractivity (Wildman–Crippen MR) is 112 cm³/mol. The average Bonchev–Trinajstić information content (AvgIpc) is 3.44. The Morgan fingerprint density at radius 3 is 2.52 bits per heavy atom. The van der Waals surface area contributed by atoms with Crippen LogP contribution < -0.4 is 4.74 Å². The molecule has 144 valence electrons. The van der Waals surface area contributed by atoms with E-state index in [1.165, 1.54) is 16.9 Å². The number of benzene rings is 2. The number of nitrogens with zero attached hydrogens (tertiary/aromatic N) is 4. The lowest BCUT2D eigenvalue weighted by molar-refractivity contribution is 0.304. The van der Waals surface area contributed by atoms with E-state index in [2.05, 4.69) is 15.3 Å². The fourth-order valence-corrected chi connectivity index (χ4v) is 3.75. The molecule has 29 heavy (non-hydrogen) atoms. The number of aryl methyl sites for hydroxylation is 1. The van der Waals surface area contributed by atoms with Gasteiger partial charge in [-0.15, -0.1) is 10.2 Å². The number of aromatic nitrogens is 4. The van der Waals surface area contributed by atoms with Crippen molar-refractivity contribution in [3.63, 3.8) is 0 Å². The van der Waals surface area contributed by atoms with E-state index in [-0.39, 0.29) is 0 Å². The minimum absolute atomic E-state index is 0.366. The highest BCUT2D eigenvalue weighted by molar-refractivity contribution is 7.16. The number of rotatable bonds is 5. The maximum atomic E-state index is 5.98. The molecule has 0 unspecified atom stereocenters. The number of fused-ring (bicyclic) bond motifs is 1. The van der Waals surface area contributed by atoms with E-state index in [1.807, 2.05) is 67.6 Å². The third-order valence-electron chi connectivity index (χ3n) is 4.37. The van der Waals surface area contributed by atoms with Crippen molar-refractivity contribution in [2.75, 3.05) is 0 Å². The first-order chi connectivity index (χ1) is 14.2. The molecule has 2 aromatic carbocycles. The van der Waals surface area contributed by atoms with Crippen molar-refractivity contribution < 1.29 is 9.15 Å². The molecule has 0 saturated carbocycles. The number of hydrogen-bond donors (Lipinski definition) is 0. The molecule has 0 aliphatic carbocycles. The van der Waals surface area contributed by atoms with Crippen LogP contribution in [-0.4, -0.2) is 19.8 Å². The number of ether oxygens (including phenoxy) is 1. The zero-order chi connectivity index (χ0) is 19.8. The highest BCUT2D eigenvalue weighted by atomic mass is 35.5. The van der Waals surface area contributed by atoms with Crippen molar-refractivity contribution >= 4 is 27.9 Å². The largest absolute Gasteiger partial charge is 0.486 e. The topological polar surface area (TPSA) is 65.5 Å². The molecule has 0 bridgehead atoms. The molecule has 6 nitrogen and oxygen atoms in total. The van der Waals surface area contributed by atoms with Gasteiger partial charge in [-0.2, -0.15) is 9.61 Å². The van der Waals surface area contributed by atoms with Gasteiger partial charge in [0.2, 0.25) is 10.8 Å². The second kappa shape index (κ2) is 7.35. The standard InChI is InChI=1S/C21H15ClN4O2S/c1-13-2-8-16(9-3-13)27-12-19-25-26-20(23-24-21(26)29-19)18-11-10-17(28-18)14-4-6-15(22)7-5-14/h2-11H,12H2,1H3. The second-order valence-electron chi connectivity index (χ2n) is 6.49. The van der Waals surface area contributed by atoms with Crippen LogP contribution in [0.3, 0.4) is 0 Å². The number of hydrogen-bond acceptors (Lipinski definition) is 6. The first kappa shape index (κ1) is 17.9. The van der Waals surface area contributed by atoms with Crippen LogP contribution in [0.25, 0.3) is 27.9 Å². The van der Waals surface area contributed by atoms with Gasteiger partial charge in [0.1, 0.15) is 18.1 Å². The third kappa shape index (κ3) is 3.62. The first-order valence-electron chi connectivity index (χ1n) is 8.92. The molecule has 0 spiro atoms. The van der Waals surface area contributed by atoms with Gasteiger partial charge >= 0.3 is 0 Å². The molecule has 0 radical (unpaired) electrons. The van der Waals surface area contributed by atoms with Gasteiger partial charge in [-0.3, -0.25) is 0 Å². The monoisotopic (exact) mass is 422 g/mol. The van der Waals surface area contributed by atoms with Gasteiger partial charge in [0, 0.05) is 10.6 Å². The maximum Gasteiger partial charge on any atom is 0.235 e. The molecule has 5 rings (SSSR count). The summed E-state index contributed by atoms with van der Waals surface area (Å²) in [5, 5.41) is 14.5. The summed E-state index contributed by atoms with van der Waals surface area (Å²) in [5.41, 5.74) is 2.13. The lowest BCUT2D eigenvalue weighted by Crippen LogP contribution is -1.97. The molecule has 0 N–H and O–H groups in total. The van der Waals surface area contributed by atoms with Crippen LogP contribution in [0.5, 0.6) is 5.75 Å². The second-order valence-corrected chi connectivity index (χ2v) is 7.96.